The zero-order chi connectivity index (χ0) is 33.1. The monoisotopic (exact) mass is 615 g/mol. The van der Waals surface area contributed by atoms with Gasteiger partial charge in [-0.25, -0.2) is 9.97 Å². The van der Waals surface area contributed by atoms with Crippen molar-refractivity contribution in [3.63, 3.8) is 0 Å². The van der Waals surface area contributed by atoms with E-state index in [1.807, 2.05) is 55.5 Å². The van der Waals surface area contributed by atoms with Crippen molar-refractivity contribution < 1.29 is 25.5 Å². The number of benzene rings is 1. The Morgan fingerprint density at radius 2 is 1.87 bits per heavy atom. The smallest absolute Gasteiger partial charge is 0.303 e. The van der Waals surface area contributed by atoms with Gasteiger partial charge in [-0.3, -0.25) is 14.5 Å². The van der Waals surface area contributed by atoms with E-state index in [9.17, 15) is 16.1 Å². The van der Waals surface area contributed by atoms with E-state index in [1.54, 1.807) is 18.2 Å². The highest BCUT2D eigenvalue weighted by atomic mass is 16.5. The van der Waals surface area contributed by atoms with Crippen LogP contribution < -0.4 is 19.3 Å². The molecule has 2 aromatic heterocycles. The van der Waals surface area contributed by atoms with Gasteiger partial charge in [0.25, 0.3) is 5.91 Å². The number of pyridine rings is 2. The molecule has 1 saturated carbocycles. The summed E-state index contributed by atoms with van der Waals surface area (Å²) in [6.07, 6.45) is 4.91. The standard InChI is InChI=1S/C36H46N4O5/c1-24-7-6-8-32(38-24)40(23-36(2,3)4)35(43)29-12-11-28(44-5)20-31(29)39-17-14-25(15-18-39)22-45-33-19-27(13-16-37-33)30(21-34(41)42)26-9-10-26/h6-8,11-13,16,19-20,25-26,30H,9-10,14-15,17-18,21-23H2,1-5H3,(H,41,42)/t30-/m0/s1/i25D. The summed E-state index contributed by atoms with van der Waals surface area (Å²) in [5.41, 5.74) is 2.95. The molecular formula is C36H46N4O5. The lowest BCUT2D eigenvalue weighted by Gasteiger charge is -2.36. The van der Waals surface area contributed by atoms with Gasteiger partial charge in [-0.05, 0) is 91.6 Å². The molecule has 5 rings (SSSR count). The van der Waals surface area contributed by atoms with Crippen molar-refractivity contribution in [1.82, 2.24) is 9.97 Å². The van der Waals surface area contributed by atoms with E-state index in [4.69, 9.17) is 9.47 Å². The molecule has 1 amide bonds. The summed E-state index contributed by atoms with van der Waals surface area (Å²) in [7, 11) is 1.61. The molecule has 1 aromatic carbocycles. The summed E-state index contributed by atoms with van der Waals surface area (Å²) in [5, 5.41) is 9.41. The number of rotatable bonds is 12. The average molecular weight is 616 g/mol. The van der Waals surface area contributed by atoms with Gasteiger partial charge >= 0.3 is 5.97 Å². The van der Waals surface area contributed by atoms with Crippen molar-refractivity contribution in [2.75, 3.05) is 43.2 Å². The molecule has 1 N–H and O–H groups in total. The first-order chi connectivity index (χ1) is 21.8. The number of nitrogens with zero attached hydrogens (tertiary/aromatic N) is 4. The number of ether oxygens (including phenoxy) is 2. The molecule has 0 unspecified atom stereocenters. The number of carboxylic acid groups (broad SMARTS) is 1. The summed E-state index contributed by atoms with van der Waals surface area (Å²) in [6, 6.07) is 15.0. The van der Waals surface area contributed by atoms with Crippen LogP contribution in [0, 0.1) is 24.2 Å². The van der Waals surface area contributed by atoms with Crippen LogP contribution in [0.3, 0.4) is 0 Å². The summed E-state index contributed by atoms with van der Waals surface area (Å²) >= 11 is 0. The number of piperidine rings is 1. The zero-order valence-electron chi connectivity index (χ0n) is 28.1. The fraction of sp³-hybridized carbons (Fsp3) is 0.500. The van der Waals surface area contributed by atoms with Crippen LogP contribution in [0.2, 0.25) is 0 Å². The van der Waals surface area contributed by atoms with Gasteiger partial charge in [-0.15, -0.1) is 0 Å². The second-order valence-electron chi connectivity index (χ2n) is 13.5. The molecule has 45 heavy (non-hydrogen) atoms. The van der Waals surface area contributed by atoms with E-state index in [-0.39, 0.29) is 30.3 Å². The van der Waals surface area contributed by atoms with Crippen molar-refractivity contribution in [2.24, 2.45) is 17.2 Å². The molecule has 9 heteroatoms. The molecule has 3 aromatic rings. The van der Waals surface area contributed by atoms with Crippen LogP contribution in [0.25, 0.3) is 0 Å². The van der Waals surface area contributed by atoms with Gasteiger partial charge in [0.1, 0.15) is 11.6 Å². The zero-order valence-corrected chi connectivity index (χ0v) is 27.1. The normalized spacial score (nSPS) is 17.3. The number of anilines is 2. The van der Waals surface area contributed by atoms with E-state index < -0.39 is 11.9 Å². The van der Waals surface area contributed by atoms with Crippen LogP contribution in [-0.4, -0.2) is 60.3 Å². The topological polar surface area (TPSA) is 105 Å². The highest BCUT2D eigenvalue weighted by Gasteiger charge is 2.34. The number of aliphatic carboxylic acids is 1. The number of carbonyl (C=O) groups excluding carboxylic acids is 1. The van der Waals surface area contributed by atoms with Crippen LogP contribution in [-0.2, 0) is 4.79 Å². The lowest BCUT2D eigenvalue weighted by molar-refractivity contribution is -0.137. The predicted molar refractivity (Wildman–Crippen MR) is 175 cm³/mol. The fourth-order valence-electron chi connectivity index (χ4n) is 6.00. The van der Waals surface area contributed by atoms with Gasteiger partial charge in [0.2, 0.25) is 5.88 Å². The van der Waals surface area contributed by atoms with Crippen molar-refractivity contribution >= 4 is 23.4 Å². The lowest BCUT2D eigenvalue weighted by Crippen LogP contribution is -2.41. The minimum atomic E-state index is -0.835. The minimum Gasteiger partial charge on any atom is -0.497 e. The summed E-state index contributed by atoms with van der Waals surface area (Å²) in [4.78, 5) is 38.7. The highest BCUT2D eigenvalue weighted by Crippen LogP contribution is 2.45. The van der Waals surface area contributed by atoms with Crippen LogP contribution >= 0.6 is 0 Å². The Bertz CT molecular complexity index is 1550. The predicted octanol–water partition coefficient (Wildman–Crippen LogP) is 6.75. The Kier molecular flexibility index (Phi) is 9.52. The van der Waals surface area contributed by atoms with Crippen molar-refractivity contribution in [3.05, 3.63) is 71.5 Å². The molecule has 240 valence electrons. The van der Waals surface area contributed by atoms with Gasteiger partial charge in [0.05, 0.1) is 31.4 Å². The molecule has 9 nitrogen and oxygen atoms in total. The molecule has 3 heterocycles. The van der Waals surface area contributed by atoms with Gasteiger partial charge in [0, 0.05) is 45.0 Å². The largest absolute Gasteiger partial charge is 0.497 e. The number of aromatic nitrogens is 2. The van der Waals surface area contributed by atoms with Crippen molar-refractivity contribution in [1.29, 1.82) is 0 Å². The number of aryl methyl sites for hydroxylation is 1. The van der Waals surface area contributed by atoms with Crippen molar-refractivity contribution in [2.45, 2.75) is 65.7 Å². The van der Waals surface area contributed by atoms with Crippen LogP contribution in [0.1, 0.15) is 81.8 Å². The highest BCUT2D eigenvalue weighted by molar-refractivity contribution is 6.09. The minimum absolute atomic E-state index is 0.0446. The molecule has 0 bridgehead atoms. The number of amides is 1. The SMILES string of the molecule is [2H]C1(COc2cc([C@@H](CC(=O)O)C3CC3)ccn2)CCN(c2cc(OC)ccc2C(=O)N(CC(C)(C)C)c2cccc(C)n2)CC1. The molecule has 1 atom stereocenters. The number of hydrogen-bond acceptors (Lipinski definition) is 7. The Morgan fingerprint density at radius 1 is 1.11 bits per heavy atom. The Morgan fingerprint density at radius 3 is 2.51 bits per heavy atom. The van der Waals surface area contributed by atoms with Crippen molar-refractivity contribution in [3.8, 4) is 11.6 Å². The molecule has 0 radical (unpaired) electrons. The molecule has 2 fully saturated rings. The molecule has 1 aliphatic heterocycles. The van der Waals surface area contributed by atoms with E-state index in [0.717, 1.165) is 29.8 Å². The summed E-state index contributed by atoms with van der Waals surface area (Å²) in [5.74, 6) is 0.276. The number of carbonyl (C=O) groups is 2. The Hall–Kier alpha value is -4.14. The maximum absolute atomic E-state index is 14.3. The summed E-state index contributed by atoms with van der Waals surface area (Å²) < 4.78 is 20.8. The van der Waals surface area contributed by atoms with Crippen LogP contribution in [0.15, 0.2) is 54.7 Å². The average Bonchev–Trinajstić information content (AvgIpc) is 3.87. The molecular weight excluding hydrogens is 568 g/mol. The fourth-order valence-corrected chi connectivity index (χ4v) is 6.00. The second-order valence-corrected chi connectivity index (χ2v) is 13.5. The maximum atomic E-state index is 14.3. The maximum Gasteiger partial charge on any atom is 0.303 e. The first-order valence-electron chi connectivity index (χ1n) is 16.3. The number of hydrogen-bond donors (Lipinski definition) is 1. The quantitative estimate of drug-likeness (QED) is 0.239. The third kappa shape index (κ3) is 8.53. The van der Waals surface area contributed by atoms with E-state index >= 15 is 0 Å². The molecule has 1 saturated heterocycles. The number of methoxy groups -OCH3 is 1. The van der Waals surface area contributed by atoms with Gasteiger partial charge in [-0.1, -0.05) is 26.8 Å². The molecule has 2 aliphatic rings. The first kappa shape index (κ1) is 30.9. The van der Waals surface area contributed by atoms with Crippen LogP contribution in [0.4, 0.5) is 11.5 Å². The Balaban J connectivity index is 1.31. The summed E-state index contributed by atoms with van der Waals surface area (Å²) in [6.45, 7) is 10.0. The van der Waals surface area contributed by atoms with Gasteiger partial charge in [0.15, 0.2) is 0 Å². The Labute approximate surface area is 268 Å². The number of carboxylic acids is 1. The van der Waals surface area contributed by atoms with Gasteiger partial charge in [-0.2, -0.15) is 0 Å². The molecule has 0 spiro atoms. The van der Waals surface area contributed by atoms with E-state index in [2.05, 4.69) is 35.6 Å². The third-order valence-electron chi connectivity index (χ3n) is 8.47. The third-order valence-corrected chi connectivity index (χ3v) is 8.47. The van der Waals surface area contributed by atoms with E-state index in [0.29, 0.717) is 61.4 Å². The molecule has 1 aliphatic carbocycles. The first-order valence-corrected chi connectivity index (χ1v) is 15.8. The lowest BCUT2D eigenvalue weighted by atomic mass is 9.92. The van der Waals surface area contributed by atoms with Gasteiger partial charge < -0.3 is 19.5 Å². The van der Waals surface area contributed by atoms with Crippen LogP contribution in [0.5, 0.6) is 11.6 Å². The second kappa shape index (κ2) is 13.9. The van der Waals surface area contributed by atoms with E-state index in [1.165, 1.54) is 0 Å².